The summed E-state index contributed by atoms with van der Waals surface area (Å²) < 4.78 is 11.6. The molecule has 0 spiro atoms. The van der Waals surface area contributed by atoms with Gasteiger partial charge in [-0.2, -0.15) is 0 Å². The number of rotatable bonds is 6. The first-order valence-electron chi connectivity index (χ1n) is 8.84. The van der Waals surface area contributed by atoms with Crippen molar-refractivity contribution in [3.8, 4) is 0 Å². The maximum absolute atomic E-state index is 12.6. The van der Waals surface area contributed by atoms with E-state index in [1.54, 1.807) is 0 Å². The Balaban J connectivity index is 1.49. The van der Waals surface area contributed by atoms with Gasteiger partial charge in [-0.3, -0.25) is 4.79 Å². The molecular weight excluding hydrogens is 290 g/mol. The van der Waals surface area contributed by atoms with E-state index in [4.69, 9.17) is 9.47 Å². The van der Waals surface area contributed by atoms with Crippen molar-refractivity contribution in [3.05, 3.63) is 35.9 Å². The number of carbonyl (C=O) groups is 1. The van der Waals surface area contributed by atoms with Gasteiger partial charge in [0.25, 0.3) is 0 Å². The van der Waals surface area contributed by atoms with E-state index in [9.17, 15) is 4.79 Å². The van der Waals surface area contributed by atoms with Crippen LogP contribution >= 0.6 is 0 Å². The van der Waals surface area contributed by atoms with E-state index in [1.807, 2.05) is 25.1 Å². The van der Waals surface area contributed by atoms with Crippen LogP contribution in [0.15, 0.2) is 30.3 Å². The van der Waals surface area contributed by atoms with Crippen molar-refractivity contribution >= 4 is 5.91 Å². The first-order chi connectivity index (χ1) is 11.3. The Bertz CT molecular complexity index is 505. The lowest BCUT2D eigenvalue weighted by atomic mass is 9.99. The average molecular weight is 317 g/mol. The topological polar surface area (TPSA) is 38.8 Å². The molecule has 3 rings (SSSR count). The maximum Gasteiger partial charge on any atom is 0.223 e. The van der Waals surface area contributed by atoms with Crippen LogP contribution in [-0.4, -0.2) is 48.8 Å². The summed E-state index contributed by atoms with van der Waals surface area (Å²) >= 11 is 0. The summed E-state index contributed by atoms with van der Waals surface area (Å²) in [5, 5.41) is 0. The van der Waals surface area contributed by atoms with Gasteiger partial charge in [-0.1, -0.05) is 30.3 Å². The smallest absolute Gasteiger partial charge is 0.223 e. The summed E-state index contributed by atoms with van der Waals surface area (Å²) in [6.07, 6.45) is 4.82. The van der Waals surface area contributed by atoms with Crippen molar-refractivity contribution in [2.75, 3.05) is 19.8 Å². The number of likely N-dealkylation sites (tertiary alicyclic amines) is 1. The minimum absolute atomic E-state index is 0.204. The van der Waals surface area contributed by atoms with E-state index in [1.165, 1.54) is 5.56 Å². The number of carbonyl (C=O) groups excluding carboxylic acids is 1. The predicted octanol–water partition coefficient (Wildman–Crippen LogP) is 2.80. The van der Waals surface area contributed by atoms with Crippen LogP contribution in [0.3, 0.4) is 0 Å². The molecule has 1 aromatic rings. The van der Waals surface area contributed by atoms with Crippen LogP contribution < -0.4 is 0 Å². The van der Waals surface area contributed by atoms with Crippen LogP contribution in [0.2, 0.25) is 0 Å². The van der Waals surface area contributed by atoms with Crippen LogP contribution in [0, 0.1) is 0 Å². The molecule has 126 valence electrons. The average Bonchev–Trinajstić information content (AvgIpc) is 3.02. The monoisotopic (exact) mass is 317 g/mol. The molecule has 0 unspecified atom stereocenters. The highest BCUT2D eigenvalue weighted by molar-refractivity contribution is 5.77. The van der Waals surface area contributed by atoms with Crippen molar-refractivity contribution in [1.82, 2.24) is 4.90 Å². The highest BCUT2D eigenvalue weighted by Crippen LogP contribution is 2.32. The highest BCUT2D eigenvalue weighted by Gasteiger charge is 2.41. The number of hydrogen-bond acceptors (Lipinski definition) is 3. The van der Waals surface area contributed by atoms with Crippen LogP contribution in [0.1, 0.15) is 38.2 Å². The van der Waals surface area contributed by atoms with Crippen LogP contribution in [0.5, 0.6) is 0 Å². The van der Waals surface area contributed by atoms with Crippen molar-refractivity contribution in [2.45, 2.75) is 57.3 Å². The molecule has 2 fully saturated rings. The van der Waals surface area contributed by atoms with E-state index in [0.29, 0.717) is 13.0 Å². The lowest BCUT2D eigenvalue weighted by Crippen LogP contribution is -2.46. The lowest BCUT2D eigenvalue weighted by Gasteiger charge is -2.36. The molecular formula is C19H27NO3. The van der Waals surface area contributed by atoms with Crippen molar-refractivity contribution in [1.29, 1.82) is 0 Å². The van der Waals surface area contributed by atoms with Gasteiger partial charge in [0.05, 0.1) is 24.9 Å². The van der Waals surface area contributed by atoms with Gasteiger partial charge in [0.15, 0.2) is 0 Å². The molecule has 1 amide bonds. The zero-order valence-electron chi connectivity index (χ0n) is 13.9. The summed E-state index contributed by atoms with van der Waals surface area (Å²) in [6.45, 7) is 4.26. The quantitative estimate of drug-likeness (QED) is 0.810. The van der Waals surface area contributed by atoms with Crippen LogP contribution in [0.25, 0.3) is 0 Å². The van der Waals surface area contributed by atoms with E-state index >= 15 is 0 Å². The molecule has 3 atom stereocenters. The van der Waals surface area contributed by atoms with Gasteiger partial charge in [-0.25, -0.2) is 0 Å². The van der Waals surface area contributed by atoms with E-state index in [0.717, 1.165) is 38.8 Å². The van der Waals surface area contributed by atoms with Gasteiger partial charge in [-0.15, -0.1) is 0 Å². The Labute approximate surface area is 138 Å². The molecule has 0 bridgehead atoms. The summed E-state index contributed by atoms with van der Waals surface area (Å²) in [5.41, 5.74) is 1.23. The second-order valence-electron chi connectivity index (χ2n) is 6.46. The van der Waals surface area contributed by atoms with Crippen LogP contribution in [-0.2, 0) is 20.7 Å². The van der Waals surface area contributed by atoms with E-state index < -0.39 is 0 Å². The van der Waals surface area contributed by atoms with Gasteiger partial charge in [-0.05, 0) is 38.2 Å². The predicted molar refractivity (Wildman–Crippen MR) is 89.3 cm³/mol. The first kappa shape index (κ1) is 16.5. The summed E-state index contributed by atoms with van der Waals surface area (Å²) in [4.78, 5) is 14.6. The molecule has 2 aliphatic heterocycles. The number of nitrogens with zero attached hydrogens (tertiary/aromatic N) is 1. The third-order valence-electron chi connectivity index (χ3n) is 4.93. The number of amides is 1. The van der Waals surface area contributed by atoms with Crippen molar-refractivity contribution in [2.24, 2.45) is 0 Å². The fourth-order valence-corrected chi connectivity index (χ4v) is 3.72. The van der Waals surface area contributed by atoms with Gasteiger partial charge in [0.2, 0.25) is 5.91 Å². The largest absolute Gasteiger partial charge is 0.379 e. The van der Waals surface area contributed by atoms with Gasteiger partial charge in [0, 0.05) is 19.6 Å². The standard InChI is InChI=1S/C19H27NO3/c1-2-22-14-16-9-10-17-18(23-16)12-13-20(17)19(21)11-8-15-6-4-3-5-7-15/h3-7,16-18H,2,8-14H2,1H3/t16-,17+,18+/m0/s1. The fraction of sp³-hybridized carbons (Fsp3) is 0.632. The Hall–Kier alpha value is -1.39. The van der Waals surface area contributed by atoms with Gasteiger partial charge in [0.1, 0.15) is 0 Å². The summed E-state index contributed by atoms with van der Waals surface area (Å²) in [5.74, 6) is 0.271. The maximum atomic E-state index is 12.6. The van der Waals surface area contributed by atoms with Gasteiger partial charge >= 0.3 is 0 Å². The minimum Gasteiger partial charge on any atom is -0.379 e. The molecule has 0 saturated carbocycles. The zero-order valence-corrected chi connectivity index (χ0v) is 13.9. The number of hydrogen-bond donors (Lipinski definition) is 0. The molecule has 4 nitrogen and oxygen atoms in total. The molecule has 23 heavy (non-hydrogen) atoms. The normalized spacial score (nSPS) is 27.0. The lowest BCUT2D eigenvalue weighted by molar-refractivity contribution is -0.138. The SMILES string of the molecule is CCOC[C@@H]1CC[C@@H]2[C@@H](CCN2C(=O)CCc2ccccc2)O1. The number of ether oxygens (including phenoxy) is 2. The molecule has 0 aromatic heterocycles. The van der Waals surface area contributed by atoms with Gasteiger partial charge < -0.3 is 14.4 Å². The minimum atomic E-state index is 0.204. The third kappa shape index (κ3) is 4.12. The fourth-order valence-electron chi connectivity index (χ4n) is 3.72. The Morgan fingerprint density at radius 3 is 2.87 bits per heavy atom. The second-order valence-corrected chi connectivity index (χ2v) is 6.46. The summed E-state index contributed by atoms with van der Waals surface area (Å²) in [6, 6.07) is 10.5. The van der Waals surface area contributed by atoms with Crippen molar-refractivity contribution in [3.63, 3.8) is 0 Å². The Kier molecular flexibility index (Phi) is 5.68. The number of aryl methyl sites for hydroxylation is 1. The number of benzene rings is 1. The highest BCUT2D eigenvalue weighted by atomic mass is 16.5. The molecule has 2 saturated heterocycles. The summed E-state index contributed by atoms with van der Waals surface area (Å²) in [7, 11) is 0. The second kappa shape index (κ2) is 7.93. The number of fused-ring (bicyclic) bond motifs is 1. The molecule has 0 aliphatic carbocycles. The van der Waals surface area contributed by atoms with Crippen molar-refractivity contribution < 1.29 is 14.3 Å². The third-order valence-corrected chi connectivity index (χ3v) is 4.93. The van der Waals surface area contributed by atoms with E-state index in [2.05, 4.69) is 17.0 Å². The molecule has 0 N–H and O–H groups in total. The molecule has 0 radical (unpaired) electrons. The van der Waals surface area contributed by atoms with E-state index in [-0.39, 0.29) is 24.2 Å². The Morgan fingerprint density at radius 1 is 1.26 bits per heavy atom. The first-order valence-corrected chi connectivity index (χ1v) is 8.84. The zero-order chi connectivity index (χ0) is 16.1. The molecule has 4 heteroatoms. The Morgan fingerprint density at radius 2 is 2.09 bits per heavy atom. The molecule has 2 heterocycles. The molecule has 2 aliphatic rings. The van der Waals surface area contributed by atoms with Crippen LogP contribution in [0.4, 0.5) is 0 Å². The molecule has 1 aromatic carbocycles.